The zero-order valence-electron chi connectivity index (χ0n) is 14.5. The van der Waals surface area contributed by atoms with Crippen LogP contribution in [0.3, 0.4) is 0 Å². The molecule has 5 nitrogen and oxygen atoms in total. The minimum absolute atomic E-state index is 0.0107. The number of nitrogens with one attached hydrogen (secondary N) is 1. The van der Waals surface area contributed by atoms with Crippen molar-refractivity contribution in [3.8, 4) is 0 Å². The van der Waals surface area contributed by atoms with Crippen LogP contribution in [0.15, 0.2) is 40.8 Å². The van der Waals surface area contributed by atoms with Gasteiger partial charge in [-0.15, -0.1) is 0 Å². The molecule has 0 saturated carbocycles. The molecule has 0 bridgehead atoms. The summed E-state index contributed by atoms with van der Waals surface area (Å²) in [4.78, 5) is 14.6. The van der Waals surface area contributed by atoms with Crippen LogP contribution in [0, 0.1) is 0 Å². The van der Waals surface area contributed by atoms with Crippen molar-refractivity contribution >= 4 is 6.03 Å². The van der Waals surface area contributed by atoms with Gasteiger partial charge in [-0.1, -0.05) is 24.3 Å². The number of benzene rings is 1. The van der Waals surface area contributed by atoms with Crippen molar-refractivity contribution in [3.05, 3.63) is 59.0 Å². The number of carbonyl (C=O) groups is 1. The van der Waals surface area contributed by atoms with Gasteiger partial charge in [0.25, 0.3) is 0 Å². The summed E-state index contributed by atoms with van der Waals surface area (Å²) in [6.45, 7) is 1.93. The zero-order valence-corrected chi connectivity index (χ0v) is 14.5. The second-order valence-electron chi connectivity index (χ2n) is 6.87. The normalized spacial score (nSPS) is 21.7. The number of hydrogen-bond acceptors (Lipinski definition) is 3. The van der Waals surface area contributed by atoms with Crippen molar-refractivity contribution in [1.82, 2.24) is 10.2 Å². The van der Waals surface area contributed by atoms with Crippen LogP contribution in [0.1, 0.15) is 47.4 Å². The number of furan rings is 1. The highest BCUT2D eigenvalue weighted by Crippen LogP contribution is 2.35. The van der Waals surface area contributed by atoms with Gasteiger partial charge in [-0.2, -0.15) is 0 Å². The Labute approximate surface area is 148 Å². The smallest absolute Gasteiger partial charge is 0.318 e. The summed E-state index contributed by atoms with van der Waals surface area (Å²) in [5.74, 6) is 2.10. The van der Waals surface area contributed by atoms with E-state index < -0.39 is 0 Å². The molecule has 2 unspecified atom stereocenters. The number of nitrogens with zero attached hydrogens (tertiary/aromatic N) is 1. The van der Waals surface area contributed by atoms with Crippen LogP contribution < -0.4 is 5.32 Å². The molecule has 2 atom stereocenters. The lowest BCUT2D eigenvalue weighted by molar-refractivity contribution is 0.156. The number of amides is 2. The summed E-state index contributed by atoms with van der Waals surface area (Å²) in [5.41, 5.74) is 2.78. The van der Waals surface area contributed by atoms with Gasteiger partial charge in [0.15, 0.2) is 0 Å². The maximum atomic E-state index is 12.7. The molecule has 2 amide bonds. The number of urea groups is 1. The van der Waals surface area contributed by atoms with Crippen molar-refractivity contribution in [3.63, 3.8) is 0 Å². The molecule has 132 valence electrons. The Morgan fingerprint density at radius 3 is 3.04 bits per heavy atom. The highest BCUT2D eigenvalue weighted by atomic mass is 16.5. The van der Waals surface area contributed by atoms with E-state index >= 15 is 0 Å². The van der Waals surface area contributed by atoms with Crippen LogP contribution in [0.25, 0.3) is 0 Å². The molecule has 0 radical (unpaired) electrons. The van der Waals surface area contributed by atoms with E-state index in [0.29, 0.717) is 19.1 Å². The van der Waals surface area contributed by atoms with E-state index in [9.17, 15) is 4.79 Å². The molecule has 2 heterocycles. The summed E-state index contributed by atoms with van der Waals surface area (Å²) in [7, 11) is 1.65. The van der Waals surface area contributed by atoms with E-state index in [1.807, 2.05) is 17.0 Å². The van der Waals surface area contributed by atoms with E-state index in [2.05, 4.69) is 29.6 Å². The number of carbonyl (C=O) groups excluding carboxylic acids is 1. The molecule has 2 aliphatic rings. The molecule has 1 aliphatic heterocycles. The molecule has 2 aromatic rings. The topological polar surface area (TPSA) is 54.7 Å². The highest BCUT2D eigenvalue weighted by Gasteiger charge is 2.33. The van der Waals surface area contributed by atoms with Crippen LogP contribution in [0.5, 0.6) is 0 Å². The average molecular weight is 340 g/mol. The number of likely N-dealkylation sites (tertiary alicyclic amines) is 1. The Morgan fingerprint density at radius 1 is 1.32 bits per heavy atom. The van der Waals surface area contributed by atoms with Gasteiger partial charge in [-0.3, -0.25) is 0 Å². The van der Waals surface area contributed by atoms with Crippen LogP contribution in [-0.4, -0.2) is 31.1 Å². The molecule has 1 aliphatic carbocycles. The van der Waals surface area contributed by atoms with Crippen molar-refractivity contribution in [2.45, 2.75) is 37.8 Å². The number of hydrogen-bond donors (Lipinski definition) is 1. The summed E-state index contributed by atoms with van der Waals surface area (Å²) < 4.78 is 11.0. The second kappa shape index (κ2) is 6.92. The molecular formula is C20H24N2O3. The van der Waals surface area contributed by atoms with E-state index in [1.165, 1.54) is 11.1 Å². The number of fused-ring (bicyclic) bond motifs is 1. The number of rotatable bonds is 5. The highest BCUT2D eigenvalue weighted by molar-refractivity contribution is 5.75. The molecule has 1 saturated heterocycles. The fourth-order valence-electron chi connectivity index (χ4n) is 3.96. The van der Waals surface area contributed by atoms with Gasteiger partial charge in [0.2, 0.25) is 0 Å². The second-order valence-corrected chi connectivity index (χ2v) is 6.87. The molecule has 5 heteroatoms. The molecule has 1 fully saturated rings. The fourth-order valence-corrected chi connectivity index (χ4v) is 3.96. The Balaban J connectivity index is 1.36. The van der Waals surface area contributed by atoms with Crippen molar-refractivity contribution in [2.75, 3.05) is 20.2 Å². The molecule has 25 heavy (non-hydrogen) atoms. The van der Waals surface area contributed by atoms with Crippen LogP contribution >= 0.6 is 0 Å². The summed E-state index contributed by atoms with van der Waals surface area (Å²) in [6, 6.07) is 12.4. The number of methoxy groups -OCH3 is 1. The van der Waals surface area contributed by atoms with Crippen molar-refractivity contribution in [2.24, 2.45) is 0 Å². The fraction of sp³-hybridized carbons (Fsp3) is 0.450. The Kier molecular flexibility index (Phi) is 4.49. The molecule has 1 aromatic carbocycles. The predicted octanol–water partition coefficient (Wildman–Crippen LogP) is 3.61. The minimum atomic E-state index is 0.0107. The Hall–Kier alpha value is -2.27. The van der Waals surface area contributed by atoms with Crippen molar-refractivity contribution in [1.29, 1.82) is 0 Å². The lowest BCUT2D eigenvalue weighted by Crippen LogP contribution is -2.42. The first-order chi connectivity index (χ1) is 12.3. The van der Waals surface area contributed by atoms with Gasteiger partial charge >= 0.3 is 6.03 Å². The van der Waals surface area contributed by atoms with Gasteiger partial charge in [-0.25, -0.2) is 4.79 Å². The van der Waals surface area contributed by atoms with Gasteiger partial charge in [0, 0.05) is 26.1 Å². The molecule has 1 N–H and O–H groups in total. The van der Waals surface area contributed by atoms with Crippen LogP contribution in [-0.2, 0) is 17.8 Å². The summed E-state index contributed by atoms with van der Waals surface area (Å²) in [5, 5.41) is 3.12. The van der Waals surface area contributed by atoms with E-state index in [1.54, 1.807) is 7.11 Å². The monoisotopic (exact) mass is 340 g/mol. The van der Waals surface area contributed by atoms with Gasteiger partial charge < -0.3 is 19.4 Å². The first kappa shape index (κ1) is 16.2. The lowest BCUT2D eigenvalue weighted by atomic mass is 9.78. The third-order valence-corrected chi connectivity index (χ3v) is 5.27. The third-order valence-electron chi connectivity index (χ3n) is 5.27. The summed E-state index contributed by atoms with van der Waals surface area (Å²) in [6.07, 6.45) is 3.00. The first-order valence-electron chi connectivity index (χ1n) is 8.96. The Bertz CT molecular complexity index is 755. The number of ether oxygens (including phenoxy) is 1. The first-order valence-corrected chi connectivity index (χ1v) is 8.96. The minimum Gasteiger partial charge on any atom is -0.461 e. The van der Waals surface area contributed by atoms with Crippen molar-refractivity contribution < 1.29 is 13.9 Å². The van der Waals surface area contributed by atoms with Gasteiger partial charge in [0.1, 0.15) is 18.1 Å². The average Bonchev–Trinajstić information content (AvgIpc) is 3.24. The predicted molar refractivity (Wildman–Crippen MR) is 94.4 cm³/mol. The Morgan fingerprint density at radius 2 is 2.20 bits per heavy atom. The van der Waals surface area contributed by atoms with E-state index in [0.717, 1.165) is 37.3 Å². The van der Waals surface area contributed by atoms with E-state index in [-0.39, 0.29) is 12.1 Å². The lowest BCUT2D eigenvalue weighted by Gasteiger charge is -2.31. The maximum Gasteiger partial charge on any atom is 0.318 e. The maximum absolute atomic E-state index is 12.7. The quantitative estimate of drug-likeness (QED) is 0.904. The van der Waals surface area contributed by atoms with Gasteiger partial charge in [-0.05, 0) is 42.5 Å². The molecular weight excluding hydrogens is 316 g/mol. The largest absolute Gasteiger partial charge is 0.461 e. The standard InChI is InChI=1S/C20H24N2O3/c1-24-13-16-8-9-19(25-16)18-7-4-10-22(18)20(23)21-12-15-11-14-5-2-3-6-17(14)15/h2-3,5-6,8-9,15,18H,4,7,10-13H2,1H3,(H,21,23). The van der Waals surface area contributed by atoms with Crippen LogP contribution in [0.2, 0.25) is 0 Å². The molecule has 4 rings (SSSR count). The SMILES string of the molecule is COCc1ccc(C2CCCN2C(=O)NCC2Cc3ccccc32)o1. The third kappa shape index (κ3) is 3.16. The zero-order chi connectivity index (χ0) is 17.2. The van der Waals surface area contributed by atoms with Gasteiger partial charge in [0.05, 0.1) is 6.04 Å². The van der Waals surface area contributed by atoms with E-state index in [4.69, 9.17) is 9.15 Å². The molecule has 0 spiro atoms. The summed E-state index contributed by atoms with van der Waals surface area (Å²) >= 11 is 0. The van der Waals surface area contributed by atoms with Crippen LogP contribution in [0.4, 0.5) is 4.79 Å². The molecule has 1 aromatic heterocycles.